The van der Waals surface area contributed by atoms with Crippen LogP contribution in [-0.4, -0.2) is 68.2 Å². The molecule has 1 aliphatic rings. The van der Waals surface area contributed by atoms with E-state index in [4.69, 9.17) is 23.2 Å². The summed E-state index contributed by atoms with van der Waals surface area (Å²) in [5, 5.41) is 0.316. The number of piperazine rings is 1. The van der Waals surface area contributed by atoms with Crippen LogP contribution in [0.4, 0.5) is 4.39 Å². The Morgan fingerprint density at radius 3 is 2.45 bits per heavy atom. The van der Waals surface area contributed by atoms with Gasteiger partial charge in [-0.05, 0) is 31.3 Å². The maximum Gasteiger partial charge on any atom is 0.252 e. The number of likely N-dealkylation sites (N-methyl/N-ethyl adjacent to an activating group) is 1. The van der Waals surface area contributed by atoms with Gasteiger partial charge in [0.15, 0.2) is 0 Å². The summed E-state index contributed by atoms with van der Waals surface area (Å²) in [6.45, 7) is 1.30. The third kappa shape index (κ3) is 5.28. The molecule has 0 spiro atoms. The molecule has 1 aromatic heterocycles. The highest BCUT2D eigenvalue weighted by atomic mass is 35.5. The van der Waals surface area contributed by atoms with E-state index in [0.29, 0.717) is 28.0 Å². The highest BCUT2D eigenvalue weighted by Crippen LogP contribution is 2.28. The number of benzene rings is 1. The lowest BCUT2D eigenvalue weighted by Gasteiger charge is -2.34. The predicted octanol–water partition coefficient (Wildman–Crippen LogP) is 3.16. The second-order valence-corrected chi connectivity index (χ2v) is 11.0. The lowest BCUT2D eigenvalue weighted by atomic mass is 10.2. The molecule has 0 bridgehead atoms. The number of halogens is 3. The predicted molar refractivity (Wildman–Crippen MR) is 112 cm³/mol. The van der Waals surface area contributed by atoms with E-state index in [9.17, 15) is 17.6 Å². The Hall–Kier alpha value is -1.23. The number of amides is 1. The molecule has 3 rings (SSSR count). The van der Waals surface area contributed by atoms with E-state index in [2.05, 4.69) is 0 Å². The molecule has 11 heteroatoms. The first-order valence-electron chi connectivity index (χ1n) is 8.83. The first-order chi connectivity index (χ1) is 13.7. The molecule has 29 heavy (non-hydrogen) atoms. The first-order valence-corrected chi connectivity index (χ1v) is 11.8. The van der Waals surface area contributed by atoms with Crippen LogP contribution in [0.3, 0.4) is 0 Å². The SMILES string of the molecule is CN(CC(=O)N1CCN(S(=O)(=O)c2ccc(Cl)s2)CC1)Cc1c(F)cccc1Cl. The number of sulfonamides is 1. The Labute approximate surface area is 183 Å². The largest absolute Gasteiger partial charge is 0.339 e. The van der Waals surface area contributed by atoms with E-state index < -0.39 is 15.8 Å². The lowest BCUT2D eigenvalue weighted by molar-refractivity contribution is -0.133. The summed E-state index contributed by atoms with van der Waals surface area (Å²) in [7, 11) is -1.89. The van der Waals surface area contributed by atoms with Gasteiger partial charge in [0, 0.05) is 43.3 Å². The summed E-state index contributed by atoms with van der Waals surface area (Å²) in [5.74, 6) is -0.555. The molecule has 0 saturated carbocycles. The molecule has 2 aromatic rings. The fraction of sp³-hybridized carbons (Fsp3) is 0.389. The van der Waals surface area contributed by atoms with E-state index in [-0.39, 0.29) is 36.3 Å². The minimum atomic E-state index is -3.60. The molecule has 1 amide bonds. The minimum absolute atomic E-state index is 0.0813. The minimum Gasteiger partial charge on any atom is -0.339 e. The van der Waals surface area contributed by atoms with Crippen LogP contribution in [0.15, 0.2) is 34.5 Å². The number of rotatable bonds is 6. The number of nitrogens with zero attached hydrogens (tertiary/aromatic N) is 3. The van der Waals surface area contributed by atoms with E-state index in [0.717, 1.165) is 11.3 Å². The lowest BCUT2D eigenvalue weighted by Crippen LogP contribution is -2.52. The molecular formula is C18H20Cl2FN3O3S2. The maximum absolute atomic E-state index is 13.9. The third-order valence-corrected chi connectivity index (χ3v) is 8.58. The second kappa shape index (κ2) is 9.28. The molecule has 158 valence electrons. The molecule has 1 saturated heterocycles. The first kappa shape index (κ1) is 22.5. The van der Waals surface area contributed by atoms with Crippen LogP contribution in [0, 0.1) is 5.82 Å². The van der Waals surface area contributed by atoms with Crippen LogP contribution in [0.2, 0.25) is 9.36 Å². The third-order valence-electron chi connectivity index (χ3n) is 4.63. The van der Waals surface area contributed by atoms with Gasteiger partial charge >= 0.3 is 0 Å². The maximum atomic E-state index is 13.9. The van der Waals surface area contributed by atoms with Gasteiger partial charge in [0.25, 0.3) is 10.0 Å². The van der Waals surface area contributed by atoms with Gasteiger partial charge in [-0.3, -0.25) is 9.69 Å². The van der Waals surface area contributed by atoms with Gasteiger partial charge in [-0.2, -0.15) is 4.31 Å². The molecule has 2 heterocycles. The van der Waals surface area contributed by atoms with Gasteiger partial charge in [0.05, 0.1) is 10.9 Å². The Balaban J connectivity index is 1.55. The zero-order valence-electron chi connectivity index (χ0n) is 15.6. The van der Waals surface area contributed by atoms with Crippen molar-refractivity contribution < 1.29 is 17.6 Å². The van der Waals surface area contributed by atoms with Gasteiger partial charge in [-0.15, -0.1) is 11.3 Å². The highest BCUT2D eigenvalue weighted by Gasteiger charge is 2.31. The summed E-state index contributed by atoms with van der Waals surface area (Å²) in [6, 6.07) is 7.51. The molecule has 0 unspecified atom stereocenters. The van der Waals surface area contributed by atoms with Gasteiger partial charge in [-0.25, -0.2) is 12.8 Å². The second-order valence-electron chi connectivity index (χ2n) is 6.72. The van der Waals surface area contributed by atoms with Crippen molar-refractivity contribution in [3.8, 4) is 0 Å². The van der Waals surface area contributed by atoms with Crippen LogP contribution in [0.1, 0.15) is 5.56 Å². The van der Waals surface area contributed by atoms with Crippen LogP contribution >= 0.6 is 34.5 Å². The molecule has 1 fully saturated rings. The Morgan fingerprint density at radius 1 is 1.17 bits per heavy atom. The van der Waals surface area contributed by atoms with Crippen molar-refractivity contribution in [1.29, 1.82) is 0 Å². The van der Waals surface area contributed by atoms with Crippen LogP contribution in [0.25, 0.3) is 0 Å². The topological polar surface area (TPSA) is 60.9 Å². The van der Waals surface area contributed by atoms with E-state index >= 15 is 0 Å². The Morgan fingerprint density at radius 2 is 1.86 bits per heavy atom. The Bertz CT molecular complexity index is 972. The molecule has 6 nitrogen and oxygen atoms in total. The van der Waals surface area contributed by atoms with E-state index in [1.165, 1.54) is 22.5 Å². The zero-order chi connectivity index (χ0) is 21.2. The fourth-order valence-corrected chi connectivity index (χ4v) is 6.36. The van der Waals surface area contributed by atoms with Gasteiger partial charge in [0.1, 0.15) is 10.0 Å². The summed E-state index contributed by atoms with van der Waals surface area (Å²) >= 11 is 12.9. The molecule has 0 N–H and O–H groups in total. The van der Waals surface area contributed by atoms with Crippen molar-refractivity contribution in [1.82, 2.24) is 14.1 Å². The average Bonchev–Trinajstić information content (AvgIpc) is 3.12. The number of carbonyl (C=O) groups is 1. The molecule has 1 aliphatic heterocycles. The normalized spacial score (nSPS) is 15.8. The van der Waals surface area contributed by atoms with Crippen molar-refractivity contribution >= 4 is 50.5 Å². The zero-order valence-corrected chi connectivity index (χ0v) is 18.8. The summed E-state index contributed by atoms with van der Waals surface area (Å²) < 4.78 is 41.2. The molecule has 0 aliphatic carbocycles. The van der Waals surface area contributed by atoms with Gasteiger partial charge in [0.2, 0.25) is 5.91 Å². The standard InChI is InChI=1S/C18H20Cl2FN3O3S2/c1-22(11-13-14(19)3-2-4-15(13)21)12-17(25)23-7-9-24(10-8-23)29(26,27)18-6-5-16(20)28-18/h2-6H,7-12H2,1H3. The quantitative estimate of drug-likeness (QED) is 0.638. The number of thiophene rings is 1. The number of hydrogen-bond donors (Lipinski definition) is 0. The number of carbonyl (C=O) groups excluding carboxylic acids is 1. The average molecular weight is 480 g/mol. The van der Waals surface area contributed by atoms with Crippen molar-refractivity contribution in [3.63, 3.8) is 0 Å². The van der Waals surface area contributed by atoms with Crippen molar-refractivity contribution in [2.75, 3.05) is 39.8 Å². The molecule has 0 atom stereocenters. The van der Waals surface area contributed by atoms with Gasteiger partial charge in [-0.1, -0.05) is 29.3 Å². The highest BCUT2D eigenvalue weighted by molar-refractivity contribution is 7.91. The summed E-state index contributed by atoms with van der Waals surface area (Å²) in [5.41, 5.74) is 0.343. The van der Waals surface area contributed by atoms with E-state index in [1.54, 1.807) is 29.0 Å². The smallest absolute Gasteiger partial charge is 0.252 e. The monoisotopic (exact) mass is 479 g/mol. The summed E-state index contributed by atoms with van der Waals surface area (Å²) in [6.07, 6.45) is 0. The van der Waals surface area contributed by atoms with Crippen molar-refractivity contribution in [2.45, 2.75) is 10.8 Å². The molecular weight excluding hydrogens is 460 g/mol. The molecule has 0 radical (unpaired) electrons. The summed E-state index contributed by atoms with van der Waals surface area (Å²) in [4.78, 5) is 15.9. The Kier molecular flexibility index (Phi) is 7.19. The molecule has 1 aromatic carbocycles. The van der Waals surface area contributed by atoms with Gasteiger partial charge < -0.3 is 4.90 Å². The van der Waals surface area contributed by atoms with Crippen molar-refractivity contribution in [3.05, 3.63) is 51.1 Å². The number of hydrogen-bond acceptors (Lipinski definition) is 5. The van der Waals surface area contributed by atoms with Crippen LogP contribution in [0.5, 0.6) is 0 Å². The van der Waals surface area contributed by atoms with E-state index in [1.807, 2.05) is 0 Å². The van der Waals surface area contributed by atoms with Crippen LogP contribution < -0.4 is 0 Å². The fourth-order valence-electron chi connectivity index (χ4n) is 3.08. The van der Waals surface area contributed by atoms with Crippen molar-refractivity contribution in [2.24, 2.45) is 0 Å². The van der Waals surface area contributed by atoms with Crippen LogP contribution in [-0.2, 0) is 21.4 Å².